The van der Waals surface area contributed by atoms with Crippen LogP contribution in [0, 0.1) is 35.5 Å². The maximum atomic E-state index is 2.36. The number of rotatable bonds is 8. The first-order valence-electron chi connectivity index (χ1n) is 15.8. The van der Waals surface area contributed by atoms with E-state index in [1.165, 1.54) is 25.7 Å². The lowest BCUT2D eigenvalue weighted by molar-refractivity contribution is 0.161. The first kappa shape index (κ1) is 32.0. The predicted octanol–water partition coefficient (Wildman–Crippen LogP) is 11.9. The molecule has 3 rings (SSSR count). The van der Waals surface area contributed by atoms with Gasteiger partial charge in [-0.3, -0.25) is 0 Å². The molecule has 0 aromatic rings. The third-order valence-corrected chi connectivity index (χ3v) is 8.63. The van der Waals surface area contributed by atoms with Gasteiger partial charge in [-0.05, 0) is 48.3 Å². The Bertz CT molecular complexity index is 312. The highest BCUT2D eigenvalue weighted by atomic mass is 14.3. The van der Waals surface area contributed by atoms with Gasteiger partial charge in [0.15, 0.2) is 0 Å². The van der Waals surface area contributed by atoms with E-state index >= 15 is 0 Å². The molecule has 0 unspecified atom stereocenters. The number of hydrogen-bond donors (Lipinski definition) is 0. The molecular weight excluding hydrogens is 384 g/mol. The normalized spacial score (nSPS) is 32.2. The van der Waals surface area contributed by atoms with Gasteiger partial charge in [0.2, 0.25) is 0 Å². The zero-order valence-electron chi connectivity index (χ0n) is 24.2. The van der Waals surface area contributed by atoms with Crippen LogP contribution in [0.25, 0.3) is 0 Å². The van der Waals surface area contributed by atoms with Crippen molar-refractivity contribution >= 4 is 0 Å². The van der Waals surface area contributed by atoms with Crippen LogP contribution < -0.4 is 0 Å². The Hall–Kier alpha value is 0. The molecule has 0 bridgehead atoms. The minimum atomic E-state index is 1.08. The number of hydrogen-bond acceptors (Lipinski definition) is 0. The predicted molar refractivity (Wildman–Crippen MR) is 149 cm³/mol. The Labute approximate surface area is 206 Å². The van der Waals surface area contributed by atoms with Crippen molar-refractivity contribution in [2.24, 2.45) is 35.5 Å². The second kappa shape index (κ2) is 21.5. The maximum absolute atomic E-state index is 2.36. The third-order valence-electron chi connectivity index (χ3n) is 8.63. The van der Waals surface area contributed by atoms with Crippen LogP contribution in [-0.2, 0) is 0 Å². The van der Waals surface area contributed by atoms with Crippen LogP contribution in [0.3, 0.4) is 0 Å². The summed E-state index contributed by atoms with van der Waals surface area (Å²) in [5.74, 6) is 6.55. The Morgan fingerprint density at radius 2 is 0.531 bits per heavy atom. The van der Waals surface area contributed by atoms with Crippen molar-refractivity contribution in [3.63, 3.8) is 0 Å². The second-order valence-electron chi connectivity index (χ2n) is 10.7. The Balaban J connectivity index is 0.00000148. The highest BCUT2D eigenvalue weighted by Gasteiger charge is 2.29. The quantitative estimate of drug-likeness (QED) is 0.345. The van der Waals surface area contributed by atoms with E-state index in [-0.39, 0.29) is 0 Å². The van der Waals surface area contributed by atoms with Gasteiger partial charge in [-0.1, -0.05) is 158 Å². The molecule has 3 saturated carbocycles. The average Bonchev–Trinajstić information content (AvgIpc) is 2.87. The summed E-state index contributed by atoms with van der Waals surface area (Å²) < 4.78 is 0. The van der Waals surface area contributed by atoms with Crippen molar-refractivity contribution in [3.05, 3.63) is 0 Å². The minimum absolute atomic E-state index is 1.08. The highest BCUT2D eigenvalue weighted by Crippen LogP contribution is 2.42. The van der Waals surface area contributed by atoms with E-state index in [9.17, 15) is 0 Å². The molecule has 0 amide bonds. The lowest BCUT2D eigenvalue weighted by atomic mass is 9.70. The van der Waals surface area contributed by atoms with Crippen LogP contribution in [-0.4, -0.2) is 0 Å². The largest absolute Gasteiger partial charge is 0.0683 e. The van der Waals surface area contributed by atoms with Gasteiger partial charge in [-0.15, -0.1) is 0 Å². The summed E-state index contributed by atoms with van der Waals surface area (Å²) in [5.41, 5.74) is 0. The van der Waals surface area contributed by atoms with Gasteiger partial charge in [-0.2, -0.15) is 0 Å². The van der Waals surface area contributed by atoms with E-state index in [0.717, 1.165) is 35.5 Å². The molecule has 32 heavy (non-hydrogen) atoms. The van der Waals surface area contributed by atoms with Crippen molar-refractivity contribution < 1.29 is 0 Å². The van der Waals surface area contributed by atoms with Crippen LogP contribution in [0.4, 0.5) is 0 Å². The van der Waals surface area contributed by atoms with Gasteiger partial charge in [0, 0.05) is 0 Å². The highest BCUT2D eigenvalue weighted by molar-refractivity contribution is 4.81. The smallest absolute Gasteiger partial charge is 0.0411 e. The molecule has 3 aliphatic rings. The van der Waals surface area contributed by atoms with E-state index in [1.807, 2.05) is 41.5 Å². The zero-order valence-corrected chi connectivity index (χ0v) is 24.2. The summed E-state index contributed by atoms with van der Waals surface area (Å²) in [6, 6.07) is 0. The molecule has 194 valence electrons. The SMILES string of the molecule is CC.CC.CC.CCCC1CCC(CC2CCC(CC3CCC(CCC)CC3)CC2)CC1. The second-order valence-corrected chi connectivity index (χ2v) is 10.7. The lowest BCUT2D eigenvalue weighted by Crippen LogP contribution is -2.23. The van der Waals surface area contributed by atoms with Gasteiger partial charge in [-0.25, -0.2) is 0 Å². The van der Waals surface area contributed by atoms with Crippen LogP contribution in [0.5, 0.6) is 0 Å². The molecule has 0 nitrogen and oxygen atoms in total. The molecular formula is C32H66. The van der Waals surface area contributed by atoms with Gasteiger partial charge in [0.05, 0.1) is 0 Å². The Kier molecular flexibility index (Phi) is 21.5. The van der Waals surface area contributed by atoms with Crippen molar-refractivity contribution in [1.29, 1.82) is 0 Å². The molecule has 0 heteroatoms. The topological polar surface area (TPSA) is 0 Å². The fourth-order valence-corrected chi connectivity index (χ4v) is 6.97. The van der Waals surface area contributed by atoms with E-state index in [0.29, 0.717) is 0 Å². The first-order valence-corrected chi connectivity index (χ1v) is 15.8. The van der Waals surface area contributed by atoms with Gasteiger partial charge in [0.25, 0.3) is 0 Å². The van der Waals surface area contributed by atoms with Crippen LogP contribution in [0.15, 0.2) is 0 Å². The minimum Gasteiger partial charge on any atom is -0.0683 e. The van der Waals surface area contributed by atoms with E-state index < -0.39 is 0 Å². The summed E-state index contributed by atoms with van der Waals surface area (Å²) in [4.78, 5) is 0. The molecule has 0 aromatic carbocycles. The van der Waals surface area contributed by atoms with Gasteiger partial charge < -0.3 is 0 Å². The fourth-order valence-electron chi connectivity index (χ4n) is 6.97. The summed E-state index contributed by atoms with van der Waals surface area (Å²) in [6.45, 7) is 16.7. The molecule has 0 saturated heterocycles. The lowest BCUT2D eigenvalue weighted by Gasteiger charge is -2.36. The molecule has 3 fully saturated rings. The fraction of sp³-hybridized carbons (Fsp3) is 1.00. The summed E-state index contributed by atoms with van der Waals surface area (Å²) >= 11 is 0. The summed E-state index contributed by atoms with van der Waals surface area (Å²) in [6.07, 6.45) is 27.7. The molecule has 0 aliphatic heterocycles. The molecule has 3 aliphatic carbocycles. The van der Waals surface area contributed by atoms with Gasteiger partial charge in [0.1, 0.15) is 0 Å². The zero-order chi connectivity index (χ0) is 24.2. The van der Waals surface area contributed by atoms with E-state index in [4.69, 9.17) is 0 Å². The van der Waals surface area contributed by atoms with E-state index in [2.05, 4.69) is 13.8 Å². The van der Waals surface area contributed by atoms with Crippen LogP contribution >= 0.6 is 0 Å². The molecule has 0 N–H and O–H groups in total. The molecule has 0 spiro atoms. The Morgan fingerprint density at radius 3 is 0.719 bits per heavy atom. The van der Waals surface area contributed by atoms with Crippen molar-refractivity contribution in [1.82, 2.24) is 0 Å². The summed E-state index contributed by atoms with van der Waals surface area (Å²) in [5, 5.41) is 0. The maximum Gasteiger partial charge on any atom is -0.0411 e. The summed E-state index contributed by atoms with van der Waals surface area (Å²) in [7, 11) is 0. The van der Waals surface area contributed by atoms with Gasteiger partial charge >= 0.3 is 0 Å². The molecule has 0 aromatic heterocycles. The Morgan fingerprint density at radius 1 is 0.344 bits per heavy atom. The van der Waals surface area contributed by atoms with Crippen molar-refractivity contribution in [2.45, 2.75) is 171 Å². The van der Waals surface area contributed by atoms with Crippen molar-refractivity contribution in [2.75, 3.05) is 0 Å². The van der Waals surface area contributed by atoms with E-state index in [1.54, 1.807) is 89.9 Å². The molecule has 0 radical (unpaired) electrons. The standard InChI is InChI=1S/C26H48.3C2H6/c1-3-5-21-7-11-23(12-8-21)19-25-15-17-26(18-16-25)20-24-13-9-22(6-4-2)10-14-24;3*1-2/h21-26H,3-20H2,1-2H3;3*1-2H3. The average molecular weight is 451 g/mol. The monoisotopic (exact) mass is 451 g/mol. The van der Waals surface area contributed by atoms with Crippen LogP contribution in [0.1, 0.15) is 171 Å². The molecule has 0 heterocycles. The first-order chi connectivity index (χ1) is 15.8. The van der Waals surface area contributed by atoms with Crippen LogP contribution in [0.2, 0.25) is 0 Å². The third kappa shape index (κ3) is 13.0. The molecule has 0 atom stereocenters. The van der Waals surface area contributed by atoms with Crippen molar-refractivity contribution in [3.8, 4) is 0 Å².